The van der Waals surface area contributed by atoms with Gasteiger partial charge in [0.25, 0.3) is 0 Å². The average molecular weight is 1590 g/mol. The van der Waals surface area contributed by atoms with E-state index in [9.17, 15) is 43.2 Å². The smallest absolute Gasteiger partial charge is 0.462 e. The van der Waals surface area contributed by atoms with E-state index in [4.69, 9.17) is 37.0 Å². The quantitative estimate of drug-likeness (QED) is 0.0222. The highest BCUT2D eigenvalue weighted by molar-refractivity contribution is 7.47. The third-order valence-electron chi connectivity index (χ3n) is 21.9. The Labute approximate surface area is 670 Å². The first-order chi connectivity index (χ1) is 52.8. The number of hydrogen-bond donors (Lipinski definition) is 3. The lowest BCUT2D eigenvalue weighted by atomic mass is 9.99. The third-order valence-corrected chi connectivity index (χ3v) is 23.8. The van der Waals surface area contributed by atoms with Gasteiger partial charge in [-0.1, -0.05) is 427 Å². The van der Waals surface area contributed by atoms with Gasteiger partial charge in [0.05, 0.1) is 26.4 Å². The molecule has 109 heavy (non-hydrogen) atoms. The summed E-state index contributed by atoms with van der Waals surface area (Å²) in [6, 6.07) is 0. The topological polar surface area (TPSA) is 237 Å². The van der Waals surface area contributed by atoms with Crippen LogP contribution in [0.4, 0.5) is 0 Å². The van der Waals surface area contributed by atoms with Gasteiger partial charge in [0.2, 0.25) is 0 Å². The Bertz CT molecular complexity index is 2100. The minimum Gasteiger partial charge on any atom is -0.462 e. The van der Waals surface area contributed by atoms with Crippen LogP contribution in [0.15, 0.2) is 0 Å². The zero-order chi connectivity index (χ0) is 80.0. The van der Waals surface area contributed by atoms with Crippen molar-refractivity contribution in [3.05, 3.63) is 0 Å². The van der Waals surface area contributed by atoms with E-state index < -0.39 is 97.5 Å². The van der Waals surface area contributed by atoms with E-state index >= 15 is 0 Å². The first-order valence-electron chi connectivity index (χ1n) is 46.4. The number of rotatable bonds is 88. The molecule has 0 aromatic carbocycles. The van der Waals surface area contributed by atoms with Crippen LogP contribution in [0.2, 0.25) is 0 Å². The van der Waals surface area contributed by atoms with Crippen molar-refractivity contribution in [3.8, 4) is 0 Å². The molecule has 17 nitrogen and oxygen atoms in total. The molecule has 0 spiro atoms. The van der Waals surface area contributed by atoms with Crippen LogP contribution in [0, 0.1) is 17.8 Å². The van der Waals surface area contributed by atoms with Gasteiger partial charge in [-0.2, -0.15) is 0 Å². The van der Waals surface area contributed by atoms with Crippen molar-refractivity contribution in [3.63, 3.8) is 0 Å². The van der Waals surface area contributed by atoms with Crippen LogP contribution in [0.25, 0.3) is 0 Å². The van der Waals surface area contributed by atoms with Gasteiger partial charge in [-0.3, -0.25) is 37.3 Å². The first-order valence-corrected chi connectivity index (χ1v) is 49.4. The Morgan fingerprint density at radius 2 is 0.468 bits per heavy atom. The predicted octanol–water partition coefficient (Wildman–Crippen LogP) is 27.6. The Morgan fingerprint density at radius 1 is 0.266 bits per heavy atom. The second kappa shape index (κ2) is 79.9. The monoisotopic (exact) mass is 1590 g/mol. The van der Waals surface area contributed by atoms with Gasteiger partial charge in [-0.25, -0.2) is 9.13 Å². The Morgan fingerprint density at radius 3 is 0.697 bits per heavy atom. The van der Waals surface area contributed by atoms with Gasteiger partial charge in [0, 0.05) is 25.7 Å². The van der Waals surface area contributed by atoms with Gasteiger partial charge in [-0.05, 0) is 43.4 Å². The van der Waals surface area contributed by atoms with E-state index in [1.807, 2.05) is 0 Å². The maximum absolute atomic E-state index is 13.2. The van der Waals surface area contributed by atoms with Crippen LogP contribution < -0.4 is 0 Å². The number of phosphoric ester groups is 2. The number of carbonyl (C=O) groups is 4. The van der Waals surface area contributed by atoms with E-state index in [0.717, 1.165) is 114 Å². The summed E-state index contributed by atoms with van der Waals surface area (Å²) in [5, 5.41) is 10.7. The van der Waals surface area contributed by atoms with E-state index in [2.05, 4.69) is 48.5 Å². The highest BCUT2D eigenvalue weighted by Crippen LogP contribution is 2.45. The molecule has 0 aliphatic rings. The molecule has 0 aliphatic heterocycles. The summed E-state index contributed by atoms with van der Waals surface area (Å²) in [6.45, 7) is 12.1. The van der Waals surface area contributed by atoms with Gasteiger partial charge in [0.1, 0.15) is 19.3 Å². The molecule has 0 heterocycles. The fourth-order valence-electron chi connectivity index (χ4n) is 14.0. The van der Waals surface area contributed by atoms with Crippen LogP contribution in [0.3, 0.4) is 0 Å². The van der Waals surface area contributed by atoms with Gasteiger partial charge in [0.15, 0.2) is 12.2 Å². The molecule has 0 saturated carbocycles. The molecular formula is C90H176O17P2. The summed E-state index contributed by atoms with van der Waals surface area (Å²) in [6.07, 6.45) is 72.3. The van der Waals surface area contributed by atoms with Crippen molar-refractivity contribution in [2.75, 3.05) is 39.6 Å². The average Bonchev–Trinajstić information content (AvgIpc) is 0.894. The molecule has 0 bridgehead atoms. The van der Waals surface area contributed by atoms with Crippen molar-refractivity contribution in [1.29, 1.82) is 0 Å². The molecule has 7 atom stereocenters. The summed E-state index contributed by atoms with van der Waals surface area (Å²) < 4.78 is 68.9. The second-order valence-corrected chi connectivity index (χ2v) is 36.2. The number of hydrogen-bond acceptors (Lipinski definition) is 15. The normalized spacial score (nSPS) is 14.3. The van der Waals surface area contributed by atoms with Gasteiger partial charge in [-0.15, -0.1) is 0 Å². The fraction of sp³-hybridized carbons (Fsp3) is 0.956. The van der Waals surface area contributed by atoms with Crippen LogP contribution in [-0.4, -0.2) is 96.7 Å². The highest BCUT2D eigenvalue weighted by Gasteiger charge is 2.31. The van der Waals surface area contributed by atoms with Crippen LogP contribution in [-0.2, 0) is 65.4 Å². The lowest BCUT2D eigenvalue weighted by Gasteiger charge is -2.21. The van der Waals surface area contributed by atoms with E-state index in [0.29, 0.717) is 25.7 Å². The summed E-state index contributed by atoms with van der Waals surface area (Å²) in [5.41, 5.74) is 0. The number of ether oxygens (including phenoxy) is 4. The largest absolute Gasteiger partial charge is 0.472 e. The molecule has 0 radical (unpaired) electrons. The van der Waals surface area contributed by atoms with Crippen molar-refractivity contribution < 1.29 is 80.2 Å². The Balaban J connectivity index is 5.18. The highest BCUT2D eigenvalue weighted by atomic mass is 31.2. The molecular weight excluding hydrogens is 1410 g/mol. The number of unbranched alkanes of at least 4 members (excludes halogenated alkanes) is 54. The number of aliphatic hydroxyl groups is 1. The Hall–Kier alpha value is -1.94. The molecule has 0 saturated heterocycles. The van der Waals surface area contributed by atoms with Crippen molar-refractivity contribution >= 4 is 39.5 Å². The molecule has 4 unspecified atom stereocenters. The van der Waals surface area contributed by atoms with Crippen LogP contribution in [0.1, 0.15) is 479 Å². The minimum atomic E-state index is -4.97. The van der Waals surface area contributed by atoms with Crippen LogP contribution in [0.5, 0.6) is 0 Å². The van der Waals surface area contributed by atoms with E-state index in [1.54, 1.807) is 0 Å². The molecule has 0 fully saturated rings. The first kappa shape index (κ1) is 107. The Kier molecular flexibility index (Phi) is 78.5. The molecule has 0 aromatic rings. The molecule has 648 valence electrons. The minimum absolute atomic E-state index is 0.107. The summed E-state index contributed by atoms with van der Waals surface area (Å²) in [7, 11) is -9.93. The molecule has 0 amide bonds. The van der Waals surface area contributed by atoms with Crippen LogP contribution >= 0.6 is 15.6 Å². The van der Waals surface area contributed by atoms with Crippen molar-refractivity contribution in [2.45, 2.75) is 497 Å². The molecule has 0 aromatic heterocycles. The lowest BCUT2D eigenvalue weighted by Crippen LogP contribution is -2.30. The number of carbonyl (C=O) groups excluding carboxylic acids is 4. The zero-order valence-corrected chi connectivity index (χ0v) is 73.8. The maximum Gasteiger partial charge on any atom is 0.472 e. The summed E-state index contributed by atoms with van der Waals surface area (Å²) >= 11 is 0. The van der Waals surface area contributed by atoms with Crippen molar-refractivity contribution in [2.24, 2.45) is 17.8 Å². The second-order valence-electron chi connectivity index (χ2n) is 33.3. The van der Waals surface area contributed by atoms with Gasteiger partial charge < -0.3 is 33.8 Å². The standard InChI is InChI=1S/C90H176O17P2/c1-8-11-12-13-14-50-57-64-71-87(92)100-77-85(106-89(94)74-67-60-53-46-40-34-28-27-29-35-41-47-54-61-68-81(4)5)79-104-108(96,97)102-75-84(91)76-103-109(98,99)105-80-86(107-90(95)73-66-59-52-45-39-33-26-22-18-16-20-24-31-37-43-49-56-63-70-83(7)10-3)78-101-88(93)72-65-58-51-44-38-32-25-21-17-15-19-23-30-36-42-48-55-62-69-82(6)9-2/h81-86,91H,8-80H2,1-7H3,(H,96,97)(H,98,99)/t82?,83?,84-,85+,86+/m0/s1. The number of phosphoric acid groups is 2. The maximum atomic E-state index is 13.2. The molecule has 19 heteroatoms. The molecule has 0 rings (SSSR count). The third kappa shape index (κ3) is 81.0. The lowest BCUT2D eigenvalue weighted by molar-refractivity contribution is -0.161. The molecule has 0 aliphatic carbocycles. The summed E-state index contributed by atoms with van der Waals surface area (Å²) in [5.74, 6) is 0.437. The van der Waals surface area contributed by atoms with E-state index in [-0.39, 0.29) is 25.7 Å². The number of esters is 4. The van der Waals surface area contributed by atoms with E-state index in [1.165, 1.54) is 283 Å². The summed E-state index contributed by atoms with van der Waals surface area (Å²) in [4.78, 5) is 73.2. The molecule has 3 N–H and O–H groups in total. The zero-order valence-electron chi connectivity index (χ0n) is 72.0. The fourth-order valence-corrected chi connectivity index (χ4v) is 15.6. The predicted molar refractivity (Wildman–Crippen MR) is 451 cm³/mol. The number of aliphatic hydroxyl groups excluding tert-OH is 1. The van der Waals surface area contributed by atoms with Crippen molar-refractivity contribution in [1.82, 2.24) is 0 Å². The SMILES string of the molecule is CCCCCCCCCCC(=O)OC[C@H](COP(=O)(O)OC[C@H](O)COP(=O)(O)OC[C@@H](COC(=O)CCCCCCCCCCCCCCCCCCCCC(C)CC)OC(=O)CCCCCCCCCCCCCCCCCCCCC(C)CC)OC(=O)CCCCCCCCCCCCCCCCC(C)C. The van der Waals surface area contributed by atoms with Gasteiger partial charge >= 0.3 is 39.5 Å².